The summed E-state index contributed by atoms with van der Waals surface area (Å²) in [5.41, 5.74) is 1.20. The third-order valence-corrected chi connectivity index (χ3v) is 3.30. The van der Waals surface area contributed by atoms with Gasteiger partial charge in [-0.1, -0.05) is 0 Å². The third kappa shape index (κ3) is 4.35. The summed E-state index contributed by atoms with van der Waals surface area (Å²) < 4.78 is 5.65. The summed E-state index contributed by atoms with van der Waals surface area (Å²) in [6.45, 7) is 5.22. The summed E-state index contributed by atoms with van der Waals surface area (Å²) in [4.78, 5) is 4.19. The van der Waals surface area contributed by atoms with Crippen molar-refractivity contribution in [2.45, 2.75) is 32.6 Å². The van der Waals surface area contributed by atoms with Crippen LogP contribution in [0, 0.1) is 12.8 Å². The van der Waals surface area contributed by atoms with Crippen LogP contribution in [0.5, 0.6) is 5.88 Å². The lowest BCUT2D eigenvalue weighted by Crippen LogP contribution is -2.29. The van der Waals surface area contributed by atoms with Crippen LogP contribution in [0.15, 0.2) is 18.3 Å². The molecule has 2 rings (SSSR count). The minimum absolute atomic E-state index is 0.756. The van der Waals surface area contributed by atoms with E-state index in [1.165, 1.54) is 37.9 Å². The van der Waals surface area contributed by atoms with Gasteiger partial charge in [-0.05, 0) is 63.2 Å². The van der Waals surface area contributed by atoms with E-state index in [1.54, 1.807) is 6.20 Å². The molecule has 0 amide bonds. The number of aromatic nitrogens is 1. The molecule has 1 aliphatic rings. The van der Waals surface area contributed by atoms with Crippen molar-refractivity contribution in [3.8, 4) is 5.88 Å². The van der Waals surface area contributed by atoms with Crippen LogP contribution in [0.4, 0.5) is 0 Å². The second-order valence-electron chi connectivity index (χ2n) is 4.87. The van der Waals surface area contributed by atoms with Gasteiger partial charge in [0, 0.05) is 12.3 Å². The molecule has 17 heavy (non-hydrogen) atoms. The highest BCUT2D eigenvalue weighted by molar-refractivity contribution is 5.18. The first-order chi connectivity index (χ1) is 8.34. The smallest absolute Gasteiger partial charge is 0.213 e. The Morgan fingerprint density at radius 2 is 2.47 bits per heavy atom. The van der Waals surface area contributed by atoms with E-state index in [-0.39, 0.29) is 0 Å². The summed E-state index contributed by atoms with van der Waals surface area (Å²) in [7, 11) is 0. The maximum absolute atomic E-state index is 5.65. The summed E-state index contributed by atoms with van der Waals surface area (Å²) in [5.74, 6) is 1.60. The molecule has 1 fully saturated rings. The molecule has 1 aliphatic heterocycles. The highest BCUT2D eigenvalue weighted by atomic mass is 16.5. The number of pyridine rings is 1. The fourth-order valence-corrected chi connectivity index (χ4v) is 2.31. The first kappa shape index (κ1) is 12.4. The molecule has 2 heterocycles. The van der Waals surface area contributed by atoms with Gasteiger partial charge in [-0.3, -0.25) is 0 Å². The molecular weight excluding hydrogens is 212 g/mol. The van der Waals surface area contributed by atoms with Gasteiger partial charge in [0.2, 0.25) is 5.88 Å². The standard InChI is InChI=1S/C14H22N2O/c1-12-6-8-16-14(10-12)17-9-3-5-13-4-2-7-15-11-13/h6,8,10,13,15H,2-5,7,9,11H2,1H3/t13-/m1/s1. The van der Waals surface area contributed by atoms with E-state index in [9.17, 15) is 0 Å². The van der Waals surface area contributed by atoms with Crippen molar-refractivity contribution in [2.75, 3.05) is 19.7 Å². The van der Waals surface area contributed by atoms with Crippen LogP contribution in [-0.4, -0.2) is 24.7 Å². The number of rotatable bonds is 5. The van der Waals surface area contributed by atoms with E-state index in [2.05, 4.69) is 17.2 Å². The van der Waals surface area contributed by atoms with E-state index in [1.807, 2.05) is 12.1 Å². The van der Waals surface area contributed by atoms with E-state index < -0.39 is 0 Å². The number of piperidine rings is 1. The second kappa shape index (κ2) is 6.60. The molecule has 1 saturated heterocycles. The lowest BCUT2D eigenvalue weighted by atomic mass is 9.95. The maximum Gasteiger partial charge on any atom is 0.213 e. The SMILES string of the molecule is Cc1ccnc(OCCC[C@H]2CCCNC2)c1. The summed E-state index contributed by atoms with van der Waals surface area (Å²) in [6.07, 6.45) is 6.89. The van der Waals surface area contributed by atoms with E-state index in [4.69, 9.17) is 4.74 Å². The number of nitrogens with one attached hydrogen (secondary N) is 1. The second-order valence-corrected chi connectivity index (χ2v) is 4.87. The quantitative estimate of drug-likeness (QED) is 0.795. The Bertz CT molecular complexity index is 335. The van der Waals surface area contributed by atoms with Crippen LogP contribution in [0.1, 0.15) is 31.2 Å². The monoisotopic (exact) mass is 234 g/mol. The van der Waals surface area contributed by atoms with Gasteiger partial charge in [-0.25, -0.2) is 4.98 Å². The van der Waals surface area contributed by atoms with Crippen LogP contribution in [-0.2, 0) is 0 Å². The maximum atomic E-state index is 5.65. The van der Waals surface area contributed by atoms with Crippen LogP contribution in [0.3, 0.4) is 0 Å². The summed E-state index contributed by atoms with van der Waals surface area (Å²) >= 11 is 0. The van der Waals surface area contributed by atoms with E-state index >= 15 is 0 Å². The van der Waals surface area contributed by atoms with Crippen LogP contribution >= 0.6 is 0 Å². The zero-order valence-electron chi connectivity index (χ0n) is 10.6. The van der Waals surface area contributed by atoms with Gasteiger partial charge in [0.25, 0.3) is 0 Å². The summed E-state index contributed by atoms with van der Waals surface area (Å²) in [5, 5.41) is 3.45. The zero-order valence-corrected chi connectivity index (χ0v) is 10.6. The van der Waals surface area contributed by atoms with Gasteiger partial charge in [0.1, 0.15) is 0 Å². The van der Waals surface area contributed by atoms with Crippen molar-refractivity contribution < 1.29 is 4.74 Å². The van der Waals surface area contributed by atoms with Gasteiger partial charge >= 0.3 is 0 Å². The normalized spacial score (nSPS) is 20.2. The molecule has 1 atom stereocenters. The number of hydrogen-bond acceptors (Lipinski definition) is 3. The van der Waals surface area contributed by atoms with Crippen LogP contribution in [0.2, 0.25) is 0 Å². The number of nitrogens with zero attached hydrogens (tertiary/aromatic N) is 1. The average Bonchev–Trinajstić information content (AvgIpc) is 2.36. The van der Waals surface area contributed by atoms with Crippen molar-refractivity contribution in [3.63, 3.8) is 0 Å². The molecule has 1 N–H and O–H groups in total. The van der Waals surface area contributed by atoms with Gasteiger partial charge in [-0.15, -0.1) is 0 Å². The topological polar surface area (TPSA) is 34.1 Å². The fraction of sp³-hybridized carbons (Fsp3) is 0.643. The van der Waals surface area contributed by atoms with Crippen molar-refractivity contribution >= 4 is 0 Å². The molecule has 1 aromatic heterocycles. The minimum atomic E-state index is 0.756. The minimum Gasteiger partial charge on any atom is -0.478 e. The Morgan fingerprint density at radius 3 is 3.24 bits per heavy atom. The van der Waals surface area contributed by atoms with Gasteiger partial charge < -0.3 is 10.1 Å². The lowest BCUT2D eigenvalue weighted by molar-refractivity contribution is 0.268. The average molecular weight is 234 g/mol. The van der Waals surface area contributed by atoms with Crippen LogP contribution < -0.4 is 10.1 Å². The van der Waals surface area contributed by atoms with Crippen molar-refractivity contribution in [2.24, 2.45) is 5.92 Å². The fourth-order valence-electron chi connectivity index (χ4n) is 2.31. The number of aryl methyl sites for hydroxylation is 1. The Balaban J connectivity index is 1.62. The first-order valence-corrected chi connectivity index (χ1v) is 6.61. The van der Waals surface area contributed by atoms with Crippen LogP contribution in [0.25, 0.3) is 0 Å². The van der Waals surface area contributed by atoms with Crippen molar-refractivity contribution in [1.29, 1.82) is 0 Å². The molecule has 0 aliphatic carbocycles. The van der Waals surface area contributed by atoms with Gasteiger partial charge in [0.15, 0.2) is 0 Å². The Morgan fingerprint density at radius 1 is 1.53 bits per heavy atom. The Hall–Kier alpha value is -1.09. The van der Waals surface area contributed by atoms with Crippen molar-refractivity contribution in [1.82, 2.24) is 10.3 Å². The Kier molecular flexibility index (Phi) is 4.80. The predicted octanol–water partition coefficient (Wildman–Crippen LogP) is 2.55. The molecule has 94 valence electrons. The predicted molar refractivity (Wildman–Crippen MR) is 69.3 cm³/mol. The molecule has 0 unspecified atom stereocenters. The summed E-state index contributed by atoms with van der Waals surface area (Å²) in [6, 6.07) is 3.97. The van der Waals surface area contributed by atoms with Gasteiger partial charge in [-0.2, -0.15) is 0 Å². The zero-order chi connectivity index (χ0) is 11.9. The molecular formula is C14H22N2O. The van der Waals surface area contributed by atoms with E-state index in [0.717, 1.165) is 24.8 Å². The molecule has 0 bridgehead atoms. The molecule has 3 heteroatoms. The Labute approximate surface area is 104 Å². The third-order valence-electron chi connectivity index (χ3n) is 3.30. The molecule has 3 nitrogen and oxygen atoms in total. The number of ether oxygens (including phenoxy) is 1. The molecule has 0 spiro atoms. The molecule has 0 saturated carbocycles. The number of hydrogen-bond donors (Lipinski definition) is 1. The molecule has 0 radical (unpaired) electrons. The molecule has 0 aromatic carbocycles. The lowest BCUT2D eigenvalue weighted by Gasteiger charge is -2.22. The molecule has 1 aromatic rings. The highest BCUT2D eigenvalue weighted by Crippen LogP contribution is 2.16. The first-order valence-electron chi connectivity index (χ1n) is 6.61. The van der Waals surface area contributed by atoms with Gasteiger partial charge in [0.05, 0.1) is 6.61 Å². The highest BCUT2D eigenvalue weighted by Gasteiger charge is 2.12. The van der Waals surface area contributed by atoms with E-state index in [0.29, 0.717) is 0 Å². The largest absolute Gasteiger partial charge is 0.478 e. The van der Waals surface area contributed by atoms with Crippen molar-refractivity contribution in [3.05, 3.63) is 23.9 Å².